The van der Waals surface area contributed by atoms with Crippen LogP contribution in [0.5, 0.6) is 0 Å². The van der Waals surface area contributed by atoms with Gasteiger partial charge < -0.3 is 5.32 Å². The number of alkyl halides is 3. The van der Waals surface area contributed by atoms with Crippen LogP contribution >= 0.6 is 15.9 Å². The lowest BCUT2D eigenvalue weighted by atomic mass is 10.1. The van der Waals surface area contributed by atoms with Gasteiger partial charge in [0.2, 0.25) is 0 Å². The zero-order valence-corrected chi connectivity index (χ0v) is 12.6. The number of nitrogens with one attached hydrogen (secondary N) is 1. The second-order valence-electron chi connectivity index (χ2n) is 4.65. The van der Waals surface area contributed by atoms with E-state index in [4.69, 9.17) is 0 Å². The van der Waals surface area contributed by atoms with E-state index in [9.17, 15) is 17.6 Å². The van der Waals surface area contributed by atoms with Crippen molar-refractivity contribution in [3.05, 3.63) is 63.4 Å². The van der Waals surface area contributed by atoms with Gasteiger partial charge >= 0.3 is 6.18 Å². The Hall–Kier alpha value is -1.56. The third-order valence-electron chi connectivity index (χ3n) is 3.01. The van der Waals surface area contributed by atoms with Gasteiger partial charge in [-0.25, -0.2) is 4.39 Å². The fourth-order valence-corrected chi connectivity index (χ4v) is 2.40. The Labute approximate surface area is 128 Å². The molecule has 0 saturated carbocycles. The number of benzene rings is 2. The van der Waals surface area contributed by atoms with Crippen LogP contribution < -0.4 is 5.32 Å². The van der Waals surface area contributed by atoms with Crippen LogP contribution in [-0.2, 0) is 12.7 Å². The van der Waals surface area contributed by atoms with E-state index < -0.39 is 11.7 Å². The van der Waals surface area contributed by atoms with Gasteiger partial charge in [0.15, 0.2) is 0 Å². The summed E-state index contributed by atoms with van der Waals surface area (Å²) in [4.78, 5) is 0. The van der Waals surface area contributed by atoms with Crippen LogP contribution in [0, 0.1) is 12.7 Å². The topological polar surface area (TPSA) is 12.0 Å². The Morgan fingerprint density at radius 3 is 2.43 bits per heavy atom. The molecule has 2 rings (SSSR count). The van der Waals surface area contributed by atoms with E-state index in [1.54, 1.807) is 19.1 Å². The molecule has 0 spiro atoms. The van der Waals surface area contributed by atoms with Crippen molar-refractivity contribution in [2.45, 2.75) is 19.6 Å². The molecule has 0 atom stereocenters. The maximum Gasteiger partial charge on any atom is 0.416 e. The second kappa shape index (κ2) is 6.05. The molecule has 0 aromatic heterocycles. The highest BCUT2D eigenvalue weighted by Gasteiger charge is 2.31. The number of aryl methyl sites for hydroxylation is 1. The highest BCUT2D eigenvalue weighted by molar-refractivity contribution is 9.10. The monoisotopic (exact) mass is 361 g/mol. The molecule has 1 nitrogen and oxygen atoms in total. The molecular formula is C15H12BrF4N. The van der Waals surface area contributed by atoms with E-state index >= 15 is 0 Å². The molecule has 6 heteroatoms. The highest BCUT2D eigenvalue weighted by atomic mass is 79.9. The molecule has 0 bridgehead atoms. The minimum absolute atomic E-state index is 0.319. The lowest BCUT2D eigenvalue weighted by Crippen LogP contribution is -2.07. The van der Waals surface area contributed by atoms with Crippen LogP contribution in [0.2, 0.25) is 0 Å². The van der Waals surface area contributed by atoms with Gasteiger partial charge in [-0.1, -0.05) is 22.0 Å². The molecule has 0 heterocycles. The molecule has 0 radical (unpaired) electrons. The van der Waals surface area contributed by atoms with Gasteiger partial charge in [0, 0.05) is 16.7 Å². The number of rotatable bonds is 3. The van der Waals surface area contributed by atoms with Gasteiger partial charge in [-0.15, -0.1) is 0 Å². The molecule has 0 aliphatic carbocycles. The van der Waals surface area contributed by atoms with Crippen molar-refractivity contribution in [3.8, 4) is 0 Å². The maximum atomic E-state index is 13.0. The Morgan fingerprint density at radius 2 is 1.81 bits per heavy atom. The van der Waals surface area contributed by atoms with Crippen molar-refractivity contribution in [1.82, 2.24) is 0 Å². The van der Waals surface area contributed by atoms with E-state index in [-0.39, 0.29) is 5.82 Å². The summed E-state index contributed by atoms with van der Waals surface area (Å²) in [7, 11) is 0. The van der Waals surface area contributed by atoms with Crippen LogP contribution in [0.1, 0.15) is 16.7 Å². The van der Waals surface area contributed by atoms with E-state index in [0.29, 0.717) is 16.7 Å². The largest absolute Gasteiger partial charge is 0.416 e. The molecule has 0 aliphatic rings. The highest BCUT2D eigenvalue weighted by Crippen LogP contribution is 2.33. The minimum Gasteiger partial charge on any atom is -0.381 e. The first-order chi connectivity index (χ1) is 9.75. The van der Waals surface area contributed by atoms with Crippen LogP contribution in [-0.4, -0.2) is 0 Å². The minimum atomic E-state index is -4.40. The van der Waals surface area contributed by atoms with E-state index in [1.807, 2.05) is 0 Å². The molecule has 1 N–H and O–H groups in total. The summed E-state index contributed by atoms with van der Waals surface area (Å²) in [5, 5.41) is 2.92. The zero-order chi connectivity index (χ0) is 15.6. The van der Waals surface area contributed by atoms with Gasteiger partial charge in [0.1, 0.15) is 5.82 Å². The van der Waals surface area contributed by atoms with Crippen molar-refractivity contribution in [2.75, 3.05) is 5.32 Å². The predicted octanol–water partition coefficient (Wildman–Crippen LogP) is 5.53. The Kier molecular flexibility index (Phi) is 4.56. The fourth-order valence-electron chi connectivity index (χ4n) is 1.91. The first-order valence-corrected chi connectivity index (χ1v) is 6.92. The number of hydrogen-bond acceptors (Lipinski definition) is 1. The van der Waals surface area contributed by atoms with E-state index in [1.165, 1.54) is 12.1 Å². The average molecular weight is 362 g/mol. The predicted molar refractivity (Wildman–Crippen MR) is 77.6 cm³/mol. The van der Waals surface area contributed by atoms with E-state index in [2.05, 4.69) is 21.2 Å². The second-order valence-corrected chi connectivity index (χ2v) is 5.57. The number of anilines is 1. The first kappa shape index (κ1) is 15.8. The molecule has 2 aromatic rings. The zero-order valence-electron chi connectivity index (χ0n) is 11.1. The molecule has 0 amide bonds. The molecule has 2 aromatic carbocycles. The Balaban J connectivity index is 2.18. The SMILES string of the molecule is Cc1cc(F)ccc1CNc1cc(Br)cc(C(F)(F)F)c1. The Bertz CT molecular complexity index is 653. The van der Waals surface area contributed by atoms with Crippen LogP contribution in [0.3, 0.4) is 0 Å². The van der Waals surface area contributed by atoms with Gasteiger partial charge in [-0.2, -0.15) is 13.2 Å². The van der Waals surface area contributed by atoms with Crippen molar-refractivity contribution in [3.63, 3.8) is 0 Å². The molecule has 0 saturated heterocycles. The van der Waals surface area contributed by atoms with E-state index in [0.717, 1.165) is 23.3 Å². The number of halogens is 5. The van der Waals surface area contributed by atoms with Crippen LogP contribution in [0.15, 0.2) is 40.9 Å². The molecule has 112 valence electrons. The van der Waals surface area contributed by atoms with Crippen molar-refractivity contribution >= 4 is 21.6 Å². The first-order valence-electron chi connectivity index (χ1n) is 6.12. The van der Waals surface area contributed by atoms with Gasteiger partial charge in [-0.05, 0) is 48.4 Å². The van der Waals surface area contributed by atoms with Gasteiger partial charge in [0.05, 0.1) is 5.56 Å². The summed E-state index contributed by atoms with van der Waals surface area (Å²) >= 11 is 3.07. The van der Waals surface area contributed by atoms with Crippen LogP contribution in [0.4, 0.5) is 23.2 Å². The Morgan fingerprint density at radius 1 is 1.10 bits per heavy atom. The average Bonchev–Trinajstić information content (AvgIpc) is 2.36. The van der Waals surface area contributed by atoms with Crippen molar-refractivity contribution in [1.29, 1.82) is 0 Å². The third-order valence-corrected chi connectivity index (χ3v) is 3.47. The maximum absolute atomic E-state index is 13.0. The van der Waals surface area contributed by atoms with Gasteiger partial charge in [-0.3, -0.25) is 0 Å². The van der Waals surface area contributed by atoms with Crippen molar-refractivity contribution < 1.29 is 17.6 Å². The normalized spacial score (nSPS) is 11.5. The molecule has 21 heavy (non-hydrogen) atoms. The van der Waals surface area contributed by atoms with Gasteiger partial charge in [0.25, 0.3) is 0 Å². The summed E-state index contributed by atoms with van der Waals surface area (Å²) in [5.74, 6) is -0.335. The summed E-state index contributed by atoms with van der Waals surface area (Å²) < 4.78 is 51.5. The lowest BCUT2D eigenvalue weighted by Gasteiger charge is -2.13. The summed E-state index contributed by atoms with van der Waals surface area (Å²) in [6, 6.07) is 7.96. The standard InChI is InChI=1S/C15H12BrF4N/c1-9-4-13(17)3-2-10(9)8-21-14-6-11(15(18,19)20)5-12(16)7-14/h2-7,21H,8H2,1H3. The summed E-state index contributed by atoms with van der Waals surface area (Å²) in [6.07, 6.45) is -4.40. The molecule has 0 aliphatic heterocycles. The third kappa shape index (κ3) is 4.20. The summed E-state index contributed by atoms with van der Waals surface area (Å²) in [5.41, 5.74) is 1.19. The summed E-state index contributed by atoms with van der Waals surface area (Å²) in [6.45, 7) is 2.07. The quantitative estimate of drug-likeness (QED) is 0.709. The lowest BCUT2D eigenvalue weighted by molar-refractivity contribution is -0.137. The molecular weight excluding hydrogens is 350 g/mol. The number of hydrogen-bond donors (Lipinski definition) is 1. The van der Waals surface area contributed by atoms with Crippen LogP contribution in [0.25, 0.3) is 0 Å². The molecule has 0 unspecified atom stereocenters. The van der Waals surface area contributed by atoms with Crippen molar-refractivity contribution in [2.24, 2.45) is 0 Å². The molecule has 0 fully saturated rings. The fraction of sp³-hybridized carbons (Fsp3) is 0.200. The smallest absolute Gasteiger partial charge is 0.381 e.